The second kappa shape index (κ2) is 6.74. The lowest BCUT2D eigenvalue weighted by Gasteiger charge is -2.18. The van der Waals surface area contributed by atoms with Gasteiger partial charge in [-0.3, -0.25) is 4.79 Å². The normalized spacial score (nSPS) is 17.6. The summed E-state index contributed by atoms with van der Waals surface area (Å²) in [6.07, 6.45) is 6.87. The fourth-order valence-electron chi connectivity index (χ4n) is 3.62. The van der Waals surface area contributed by atoms with Gasteiger partial charge < -0.3 is 19.4 Å². The fourth-order valence-corrected chi connectivity index (χ4v) is 3.62. The summed E-state index contributed by atoms with van der Waals surface area (Å²) in [4.78, 5) is 12.4. The molecule has 1 fully saturated rings. The zero-order valence-corrected chi connectivity index (χ0v) is 14.3. The third-order valence-corrected chi connectivity index (χ3v) is 4.89. The van der Waals surface area contributed by atoms with E-state index >= 15 is 0 Å². The first-order chi connectivity index (χ1) is 12.2. The molecule has 132 valence electrons. The van der Waals surface area contributed by atoms with Gasteiger partial charge in [-0.2, -0.15) is 0 Å². The minimum Gasteiger partial charge on any atom is -0.454 e. The highest BCUT2D eigenvalue weighted by Gasteiger charge is 2.23. The number of ether oxygens (including phenoxy) is 2. The van der Waals surface area contributed by atoms with Gasteiger partial charge in [-0.25, -0.2) is 0 Å². The Labute approximate surface area is 146 Å². The molecule has 1 aliphatic carbocycles. The molecule has 1 aromatic heterocycles. The zero-order valence-electron chi connectivity index (χ0n) is 14.3. The van der Waals surface area contributed by atoms with Crippen molar-refractivity contribution < 1.29 is 14.3 Å². The quantitative estimate of drug-likeness (QED) is 0.903. The molecule has 1 N–H and O–H groups in total. The number of nitrogens with one attached hydrogen (secondary N) is 1. The van der Waals surface area contributed by atoms with Gasteiger partial charge in [0.2, 0.25) is 12.7 Å². The Bertz CT molecular complexity index is 767. The van der Waals surface area contributed by atoms with Crippen molar-refractivity contribution in [3.8, 4) is 11.5 Å². The van der Waals surface area contributed by atoms with Crippen LogP contribution < -0.4 is 14.8 Å². The lowest BCUT2D eigenvalue weighted by molar-refractivity contribution is -0.121. The van der Waals surface area contributed by atoms with Crippen LogP contribution in [0.5, 0.6) is 11.5 Å². The van der Waals surface area contributed by atoms with E-state index in [-0.39, 0.29) is 18.7 Å². The summed E-state index contributed by atoms with van der Waals surface area (Å²) in [6.45, 7) is 2.19. The molecular formula is C18H22N4O3. The van der Waals surface area contributed by atoms with Crippen molar-refractivity contribution in [2.45, 2.75) is 51.1 Å². The Hall–Kier alpha value is -2.57. The van der Waals surface area contributed by atoms with E-state index in [0.29, 0.717) is 18.2 Å². The molecule has 0 radical (unpaired) electrons. The molecule has 2 heterocycles. The largest absolute Gasteiger partial charge is 0.454 e. The van der Waals surface area contributed by atoms with Crippen LogP contribution in [0, 0.1) is 0 Å². The van der Waals surface area contributed by atoms with E-state index in [9.17, 15) is 4.79 Å². The van der Waals surface area contributed by atoms with Crippen LogP contribution in [0.1, 0.15) is 56.1 Å². The van der Waals surface area contributed by atoms with Gasteiger partial charge in [0.15, 0.2) is 17.3 Å². The number of fused-ring (bicyclic) bond motifs is 1. The smallest absolute Gasteiger partial charge is 0.231 e. The van der Waals surface area contributed by atoms with Crippen LogP contribution in [-0.4, -0.2) is 27.5 Å². The number of rotatable bonds is 5. The van der Waals surface area contributed by atoms with Crippen LogP contribution in [-0.2, 0) is 11.2 Å². The molecule has 2 aliphatic rings. The second-order valence-electron chi connectivity index (χ2n) is 6.69. The maximum atomic E-state index is 12.4. The Balaban J connectivity index is 1.40. The summed E-state index contributed by atoms with van der Waals surface area (Å²) in [5, 5.41) is 11.3. The number of aromatic nitrogens is 3. The fraction of sp³-hybridized carbons (Fsp3) is 0.500. The molecule has 1 unspecified atom stereocenters. The predicted octanol–water partition coefficient (Wildman–Crippen LogP) is 2.54. The van der Waals surface area contributed by atoms with E-state index < -0.39 is 0 Å². The highest BCUT2D eigenvalue weighted by Crippen LogP contribution is 2.33. The molecule has 1 amide bonds. The van der Waals surface area contributed by atoms with Crippen molar-refractivity contribution in [3.05, 3.63) is 35.9 Å². The number of carbonyl (C=O) groups excluding carboxylic acids is 1. The van der Waals surface area contributed by atoms with Crippen molar-refractivity contribution in [1.82, 2.24) is 20.1 Å². The Morgan fingerprint density at radius 3 is 2.96 bits per heavy atom. The number of amides is 1. The lowest BCUT2D eigenvalue weighted by atomic mass is 10.1. The monoisotopic (exact) mass is 342 g/mol. The molecule has 1 aliphatic heterocycles. The summed E-state index contributed by atoms with van der Waals surface area (Å²) in [7, 11) is 0. The summed E-state index contributed by atoms with van der Waals surface area (Å²) in [6, 6.07) is 5.86. The van der Waals surface area contributed by atoms with E-state index in [0.717, 1.165) is 30.0 Å². The van der Waals surface area contributed by atoms with Crippen molar-refractivity contribution >= 4 is 5.91 Å². The molecule has 25 heavy (non-hydrogen) atoms. The van der Waals surface area contributed by atoms with Crippen LogP contribution >= 0.6 is 0 Å². The molecular weight excluding hydrogens is 320 g/mol. The molecule has 0 spiro atoms. The number of hydrogen-bond acceptors (Lipinski definition) is 5. The molecule has 1 saturated carbocycles. The minimum atomic E-state index is -0.176. The van der Waals surface area contributed by atoms with Gasteiger partial charge in [-0.05, 0) is 37.5 Å². The summed E-state index contributed by atoms with van der Waals surface area (Å²) in [5.74, 6) is 2.19. The average molecular weight is 342 g/mol. The molecule has 7 heteroatoms. The topological polar surface area (TPSA) is 78.3 Å². The van der Waals surface area contributed by atoms with Gasteiger partial charge in [0.25, 0.3) is 0 Å². The highest BCUT2D eigenvalue weighted by atomic mass is 16.7. The Morgan fingerprint density at radius 2 is 2.12 bits per heavy atom. The van der Waals surface area contributed by atoms with Gasteiger partial charge in [-0.15, -0.1) is 10.2 Å². The van der Waals surface area contributed by atoms with Crippen LogP contribution in [0.15, 0.2) is 24.5 Å². The van der Waals surface area contributed by atoms with Crippen LogP contribution in [0.3, 0.4) is 0 Å². The number of carbonyl (C=O) groups is 1. The van der Waals surface area contributed by atoms with Crippen LogP contribution in [0.25, 0.3) is 0 Å². The molecule has 0 bridgehead atoms. The van der Waals surface area contributed by atoms with Gasteiger partial charge in [0.05, 0.1) is 12.5 Å². The molecule has 0 saturated heterocycles. The first-order valence-electron chi connectivity index (χ1n) is 8.78. The van der Waals surface area contributed by atoms with Gasteiger partial charge >= 0.3 is 0 Å². The van der Waals surface area contributed by atoms with Crippen LogP contribution in [0.4, 0.5) is 0 Å². The second-order valence-corrected chi connectivity index (χ2v) is 6.69. The Kier molecular flexibility index (Phi) is 4.29. The summed E-state index contributed by atoms with van der Waals surface area (Å²) >= 11 is 0. The third-order valence-electron chi connectivity index (χ3n) is 4.89. The van der Waals surface area contributed by atoms with E-state index in [1.54, 1.807) is 6.33 Å². The van der Waals surface area contributed by atoms with E-state index in [4.69, 9.17) is 9.47 Å². The van der Waals surface area contributed by atoms with E-state index in [2.05, 4.69) is 20.1 Å². The minimum absolute atomic E-state index is 0.0488. The Morgan fingerprint density at radius 1 is 1.32 bits per heavy atom. The maximum absolute atomic E-state index is 12.4. The van der Waals surface area contributed by atoms with Gasteiger partial charge in [0.1, 0.15) is 6.33 Å². The third kappa shape index (κ3) is 3.31. The zero-order chi connectivity index (χ0) is 17.2. The lowest BCUT2D eigenvalue weighted by Crippen LogP contribution is -2.30. The first-order valence-corrected chi connectivity index (χ1v) is 8.78. The number of nitrogens with zero attached hydrogens (tertiary/aromatic N) is 3. The number of benzene rings is 1. The summed E-state index contributed by atoms with van der Waals surface area (Å²) < 4.78 is 12.8. The van der Waals surface area contributed by atoms with Crippen molar-refractivity contribution in [1.29, 1.82) is 0 Å². The SMILES string of the molecule is CC(NC(=O)Cc1ccc2c(c1)OCO2)c1nncn1C1CCCC1. The highest BCUT2D eigenvalue weighted by molar-refractivity contribution is 5.79. The van der Waals surface area contributed by atoms with Gasteiger partial charge in [0, 0.05) is 6.04 Å². The van der Waals surface area contributed by atoms with Crippen molar-refractivity contribution in [2.75, 3.05) is 6.79 Å². The summed E-state index contributed by atoms with van der Waals surface area (Å²) in [5.41, 5.74) is 0.895. The molecule has 4 rings (SSSR count). The van der Waals surface area contributed by atoms with Gasteiger partial charge in [-0.1, -0.05) is 18.9 Å². The van der Waals surface area contributed by atoms with E-state index in [1.165, 1.54) is 12.8 Å². The predicted molar refractivity (Wildman–Crippen MR) is 90.4 cm³/mol. The molecule has 2 aromatic rings. The van der Waals surface area contributed by atoms with Crippen molar-refractivity contribution in [2.24, 2.45) is 0 Å². The molecule has 1 aromatic carbocycles. The first kappa shape index (κ1) is 15.9. The standard InChI is InChI=1S/C18H22N4O3/c1-12(18-21-19-10-22(18)14-4-2-3-5-14)20-17(23)9-13-6-7-15-16(8-13)25-11-24-15/h6-8,10,12,14H,2-5,9,11H2,1H3,(H,20,23). The average Bonchev–Trinajstić information content (AvgIpc) is 3.34. The van der Waals surface area contributed by atoms with Crippen molar-refractivity contribution in [3.63, 3.8) is 0 Å². The van der Waals surface area contributed by atoms with Crippen LogP contribution in [0.2, 0.25) is 0 Å². The molecule has 7 nitrogen and oxygen atoms in total. The van der Waals surface area contributed by atoms with E-state index in [1.807, 2.05) is 25.1 Å². The molecule has 1 atom stereocenters. The number of hydrogen-bond donors (Lipinski definition) is 1. The maximum Gasteiger partial charge on any atom is 0.231 e.